The van der Waals surface area contributed by atoms with Gasteiger partial charge in [0.05, 0.1) is 7.11 Å². The SMILES string of the molecule is CCc1oc(C(=O)OC)cc1S(=O)(=O)NCC(C)(C)N.Cl. The Kier molecular flexibility index (Phi) is 6.88. The van der Waals surface area contributed by atoms with Crippen molar-refractivity contribution >= 4 is 28.4 Å². The van der Waals surface area contributed by atoms with Gasteiger partial charge in [-0.15, -0.1) is 12.4 Å². The number of ether oxygens (including phenoxy) is 1. The Morgan fingerprint density at radius 3 is 2.48 bits per heavy atom. The van der Waals surface area contributed by atoms with Crippen molar-refractivity contribution < 1.29 is 22.4 Å². The van der Waals surface area contributed by atoms with E-state index < -0.39 is 21.5 Å². The van der Waals surface area contributed by atoms with E-state index >= 15 is 0 Å². The van der Waals surface area contributed by atoms with Crippen LogP contribution in [0.25, 0.3) is 0 Å². The summed E-state index contributed by atoms with van der Waals surface area (Å²) < 4.78 is 36.5. The molecule has 0 spiro atoms. The quantitative estimate of drug-likeness (QED) is 0.749. The number of aryl methyl sites for hydroxylation is 1. The molecule has 0 atom stereocenters. The van der Waals surface area contributed by atoms with Gasteiger partial charge in [0.25, 0.3) is 0 Å². The molecule has 1 aromatic heterocycles. The molecule has 0 aliphatic carbocycles. The van der Waals surface area contributed by atoms with Crippen LogP contribution in [-0.4, -0.2) is 33.6 Å². The van der Waals surface area contributed by atoms with Gasteiger partial charge in [-0.3, -0.25) is 0 Å². The summed E-state index contributed by atoms with van der Waals surface area (Å²) in [5.74, 6) is -0.662. The number of methoxy groups -OCH3 is 1. The van der Waals surface area contributed by atoms with Crippen LogP contribution in [0.15, 0.2) is 15.4 Å². The van der Waals surface area contributed by atoms with E-state index in [0.29, 0.717) is 6.42 Å². The molecule has 3 N–H and O–H groups in total. The smallest absolute Gasteiger partial charge is 0.373 e. The third-order valence-corrected chi connectivity index (χ3v) is 3.93. The van der Waals surface area contributed by atoms with Gasteiger partial charge in [-0.1, -0.05) is 6.92 Å². The van der Waals surface area contributed by atoms with Gasteiger partial charge in [-0.2, -0.15) is 0 Å². The molecule has 0 amide bonds. The van der Waals surface area contributed by atoms with Gasteiger partial charge in [0.1, 0.15) is 10.7 Å². The molecule has 0 aliphatic rings. The van der Waals surface area contributed by atoms with Gasteiger partial charge in [0.15, 0.2) is 0 Å². The van der Waals surface area contributed by atoms with Crippen molar-refractivity contribution in [1.29, 1.82) is 0 Å². The predicted octanol–water partition coefficient (Wildman–Crippen LogP) is 1.07. The van der Waals surface area contributed by atoms with E-state index in [1.165, 1.54) is 7.11 Å². The van der Waals surface area contributed by atoms with Crippen molar-refractivity contribution in [3.63, 3.8) is 0 Å². The topological polar surface area (TPSA) is 112 Å². The van der Waals surface area contributed by atoms with Crippen LogP contribution in [0, 0.1) is 0 Å². The minimum atomic E-state index is -3.79. The highest BCUT2D eigenvalue weighted by Crippen LogP contribution is 2.22. The van der Waals surface area contributed by atoms with E-state index in [-0.39, 0.29) is 35.4 Å². The number of nitrogens with two attached hydrogens (primary N) is 1. The lowest BCUT2D eigenvalue weighted by atomic mass is 10.1. The second-order valence-electron chi connectivity index (χ2n) is 5.06. The Hall–Kier alpha value is -1.09. The second-order valence-corrected chi connectivity index (χ2v) is 6.79. The standard InChI is InChI=1S/C12H20N2O5S.ClH/c1-5-8-10(6-9(19-8)11(15)18-4)20(16,17)14-7-12(2,3)13;/h6,14H,5,7,13H2,1-4H3;1H. The van der Waals surface area contributed by atoms with Crippen molar-refractivity contribution in [3.8, 4) is 0 Å². The first-order chi connectivity index (χ1) is 9.10. The van der Waals surface area contributed by atoms with Crippen molar-refractivity contribution in [2.75, 3.05) is 13.7 Å². The number of carbonyl (C=O) groups is 1. The molecule has 1 heterocycles. The van der Waals surface area contributed by atoms with Crippen LogP contribution in [-0.2, 0) is 21.2 Å². The summed E-state index contributed by atoms with van der Waals surface area (Å²) in [4.78, 5) is 11.3. The lowest BCUT2D eigenvalue weighted by molar-refractivity contribution is 0.0563. The van der Waals surface area contributed by atoms with Crippen LogP contribution >= 0.6 is 12.4 Å². The van der Waals surface area contributed by atoms with Crippen molar-refractivity contribution in [1.82, 2.24) is 4.72 Å². The number of furan rings is 1. The van der Waals surface area contributed by atoms with Gasteiger partial charge >= 0.3 is 5.97 Å². The zero-order chi connectivity index (χ0) is 15.6. The van der Waals surface area contributed by atoms with Gasteiger partial charge in [0, 0.05) is 24.6 Å². The Labute approximate surface area is 130 Å². The van der Waals surface area contributed by atoms with Gasteiger partial charge in [-0.25, -0.2) is 17.9 Å². The molecule has 122 valence electrons. The lowest BCUT2D eigenvalue weighted by Crippen LogP contribution is -2.45. The largest absolute Gasteiger partial charge is 0.463 e. The van der Waals surface area contributed by atoms with Crippen molar-refractivity contribution in [2.24, 2.45) is 5.73 Å². The van der Waals surface area contributed by atoms with E-state index in [2.05, 4.69) is 9.46 Å². The predicted molar refractivity (Wildman–Crippen MR) is 80.1 cm³/mol. The van der Waals surface area contributed by atoms with E-state index in [1.807, 2.05) is 0 Å². The summed E-state index contributed by atoms with van der Waals surface area (Å²) in [6, 6.07) is 1.16. The molecule has 7 nitrogen and oxygen atoms in total. The Morgan fingerprint density at radius 1 is 1.48 bits per heavy atom. The van der Waals surface area contributed by atoms with E-state index in [9.17, 15) is 13.2 Å². The second kappa shape index (κ2) is 7.26. The molecule has 1 aromatic rings. The zero-order valence-corrected chi connectivity index (χ0v) is 14.1. The molecule has 1 rings (SSSR count). The molecular formula is C12H21ClN2O5S. The minimum Gasteiger partial charge on any atom is -0.463 e. The molecule has 9 heteroatoms. The lowest BCUT2D eigenvalue weighted by Gasteiger charge is -2.18. The number of hydrogen-bond acceptors (Lipinski definition) is 6. The Morgan fingerprint density at radius 2 is 2.05 bits per heavy atom. The highest BCUT2D eigenvalue weighted by Gasteiger charge is 2.26. The average Bonchev–Trinajstić information content (AvgIpc) is 2.79. The highest BCUT2D eigenvalue weighted by atomic mass is 35.5. The number of esters is 1. The van der Waals surface area contributed by atoms with Crippen LogP contribution in [0.2, 0.25) is 0 Å². The van der Waals surface area contributed by atoms with E-state index in [1.54, 1.807) is 20.8 Å². The van der Waals surface area contributed by atoms with Crippen LogP contribution in [0.3, 0.4) is 0 Å². The summed E-state index contributed by atoms with van der Waals surface area (Å²) >= 11 is 0. The number of rotatable bonds is 6. The van der Waals surface area contributed by atoms with Crippen LogP contribution in [0.5, 0.6) is 0 Å². The number of carbonyl (C=O) groups excluding carboxylic acids is 1. The monoisotopic (exact) mass is 340 g/mol. The molecule has 0 saturated heterocycles. The maximum atomic E-state index is 12.2. The number of halogens is 1. The van der Waals surface area contributed by atoms with E-state index in [0.717, 1.165) is 6.07 Å². The number of nitrogens with one attached hydrogen (secondary N) is 1. The first-order valence-electron chi connectivity index (χ1n) is 6.10. The fraction of sp³-hybridized carbons (Fsp3) is 0.583. The average molecular weight is 341 g/mol. The number of sulfonamides is 1. The molecule has 0 bridgehead atoms. The van der Waals surface area contributed by atoms with Gasteiger partial charge in [-0.05, 0) is 13.8 Å². The Bertz CT molecular complexity index is 589. The fourth-order valence-corrected chi connectivity index (χ4v) is 2.91. The molecule has 21 heavy (non-hydrogen) atoms. The maximum absolute atomic E-state index is 12.2. The molecule has 0 fully saturated rings. The molecule has 0 radical (unpaired) electrons. The summed E-state index contributed by atoms with van der Waals surface area (Å²) in [5, 5.41) is 0. The molecular weight excluding hydrogens is 320 g/mol. The minimum absolute atomic E-state index is 0. The van der Waals surface area contributed by atoms with E-state index in [4.69, 9.17) is 10.2 Å². The third-order valence-electron chi connectivity index (χ3n) is 2.49. The van der Waals surface area contributed by atoms with Crippen molar-refractivity contribution in [2.45, 2.75) is 37.6 Å². The molecule has 0 unspecified atom stereocenters. The van der Waals surface area contributed by atoms with Crippen molar-refractivity contribution in [3.05, 3.63) is 17.6 Å². The molecule has 0 saturated carbocycles. The maximum Gasteiger partial charge on any atom is 0.373 e. The first-order valence-corrected chi connectivity index (χ1v) is 7.58. The van der Waals surface area contributed by atoms with Crippen LogP contribution < -0.4 is 10.5 Å². The molecule has 0 aromatic carbocycles. The number of hydrogen-bond donors (Lipinski definition) is 2. The first kappa shape index (κ1) is 19.9. The molecule has 0 aliphatic heterocycles. The Balaban J connectivity index is 0.00000400. The van der Waals surface area contributed by atoms with Crippen LogP contribution in [0.4, 0.5) is 0 Å². The summed E-state index contributed by atoms with van der Waals surface area (Å²) in [5.41, 5.74) is 5.06. The summed E-state index contributed by atoms with van der Waals surface area (Å²) in [6.07, 6.45) is 0.333. The normalized spacial score (nSPS) is 11.9. The summed E-state index contributed by atoms with van der Waals surface area (Å²) in [6.45, 7) is 5.19. The zero-order valence-electron chi connectivity index (χ0n) is 12.4. The van der Waals surface area contributed by atoms with Gasteiger partial charge in [0.2, 0.25) is 15.8 Å². The van der Waals surface area contributed by atoms with Gasteiger partial charge < -0.3 is 14.9 Å². The highest BCUT2D eigenvalue weighted by molar-refractivity contribution is 7.89. The third kappa shape index (κ3) is 5.31. The summed E-state index contributed by atoms with van der Waals surface area (Å²) in [7, 11) is -2.59. The fourth-order valence-electron chi connectivity index (χ4n) is 1.45. The van der Waals surface area contributed by atoms with Crippen LogP contribution in [0.1, 0.15) is 37.1 Å².